The van der Waals surface area contributed by atoms with E-state index >= 15 is 0 Å². The summed E-state index contributed by atoms with van der Waals surface area (Å²) in [6.07, 6.45) is 0. The number of benzene rings is 2. The van der Waals surface area contributed by atoms with E-state index in [0.29, 0.717) is 15.7 Å². The van der Waals surface area contributed by atoms with E-state index in [1.807, 2.05) is 37.3 Å². The summed E-state index contributed by atoms with van der Waals surface area (Å²) in [5.74, 6) is -0.383. The molecule has 156 valence electrons. The first-order valence-electron chi connectivity index (χ1n) is 9.73. The number of ether oxygens (including phenoxy) is 1. The number of thiocarbonyl (C=S) groups is 1. The molecule has 3 rings (SSSR count). The highest BCUT2D eigenvalue weighted by molar-refractivity contribution is 7.80. The van der Waals surface area contributed by atoms with E-state index in [2.05, 4.69) is 49.6 Å². The maximum atomic E-state index is 12.6. The first-order chi connectivity index (χ1) is 14.3. The lowest BCUT2D eigenvalue weighted by Crippen LogP contribution is -2.31. The molecule has 0 fully saturated rings. The number of hydrogen-bond acceptors (Lipinski definition) is 4. The van der Waals surface area contributed by atoms with E-state index in [-0.39, 0.29) is 12.0 Å². The zero-order valence-corrected chi connectivity index (χ0v) is 19.5. The molecule has 0 saturated carbocycles. The topological polar surface area (TPSA) is 50.4 Å². The quantitative estimate of drug-likeness (QED) is 0.368. The molecule has 1 atom stereocenters. The molecule has 0 radical (unpaired) electrons. The Balaban J connectivity index is 1.88. The van der Waals surface area contributed by atoms with Crippen LogP contribution in [0.25, 0.3) is 11.1 Å². The average molecular weight is 439 g/mol. The number of methoxy groups -OCH3 is 1. The molecule has 2 aromatic carbocycles. The predicted molar refractivity (Wildman–Crippen MR) is 130 cm³/mol. The van der Waals surface area contributed by atoms with Crippen molar-refractivity contribution in [1.29, 1.82) is 0 Å². The molecule has 0 spiro atoms. The molecule has 3 aromatic rings. The molecule has 6 heteroatoms. The lowest BCUT2D eigenvalue weighted by Gasteiger charge is -2.19. The third kappa shape index (κ3) is 4.71. The van der Waals surface area contributed by atoms with Gasteiger partial charge in [-0.05, 0) is 56.6 Å². The largest absolute Gasteiger partial charge is 0.465 e. The number of aryl methyl sites for hydroxylation is 3. The van der Waals surface area contributed by atoms with Gasteiger partial charge < -0.3 is 15.4 Å². The lowest BCUT2D eigenvalue weighted by molar-refractivity contribution is 0.0603. The van der Waals surface area contributed by atoms with Crippen LogP contribution in [0.2, 0.25) is 0 Å². The van der Waals surface area contributed by atoms with Gasteiger partial charge in [0.25, 0.3) is 0 Å². The Hall–Kier alpha value is -2.70. The van der Waals surface area contributed by atoms with Crippen LogP contribution in [0, 0.1) is 20.8 Å². The third-order valence-corrected chi connectivity index (χ3v) is 6.25. The van der Waals surface area contributed by atoms with Gasteiger partial charge in [0, 0.05) is 10.4 Å². The van der Waals surface area contributed by atoms with Gasteiger partial charge in [-0.15, -0.1) is 11.3 Å². The van der Waals surface area contributed by atoms with Gasteiger partial charge in [-0.3, -0.25) is 0 Å². The van der Waals surface area contributed by atoms with Crippen molar-refractivity contribution in [2.75, 3.05) is 12.4 Å². The van der Waals surface area contributed by atoms with E-state index in [9.17, 15) is 4.79 Å². The van der Waals surface area contributed by atoms with Crippen molar-refractivity contribution in [2.24, 2.45) is 0 Å². The number of nitrogens with one attached hydrogen (secondary N) is 2. The van der Waals surface area contributed by atoms with Crippen LogP contribution in [0.5, 0.6) is 0 Å². The fourth-order valence-corrected chi connectivity index (χ4v) is 4.93. The molecule has 1 heterocycles. The monoisotopic (exact) mass is 438 g/mol. The molecule has 1 unspecified atom stereocenters. The van der Waals surface area contributed by atoms with Crippen molar-refractivity contribution in [3.63, 3.8) is 0 Å². The Morgan fingerprint density at radius 2 is 1.80 bits per heavy atom. The number of thiophene rings is 1. The Morgan fingerprint density at radius 1 is 1.10 bits per heavy atom. The van der Waals surface area contributed by atoms with Crippen LogP contribution in [0.4, 0.5) is 5.00 Å². The second-order valence-electron chi connectivity index (χ2n) is 7.28. The first kappa shape index (κ1) is 22.0. The van der Waals surface area contributed by atoms with Gasteiger partial charge in [-0.25, -0.2) is 4.79 Å². The zero-order valence-electron chi connectivity index (χ0n) is 17.8. The predicted octanol–water partition coefficient (Wildman–Crippen LogP) is 6.17. The van der Waals surface area contributed by atoms with Crippen LogP contribution < -0.4 is 10.6 Å². The summed E-state index contributed by atoms with van der Waals surface area (Å²) in [5, 5.41) is 7.72. The van der Waals surface area contributed by atoms with E-state index in [4.69, 9.17) is 17.0 Å². The van der Waals surface area contributed by atoms with Crippen molar-refractivity contribution in [2.45, 2.75) is 33.7 Å². The SMILES string of the molecule is COC(=O)c1c(NC(=S)NC(C)c2cc(C)ccc2C)sc(C)c1-c1ccccc1. The van der Waals surface area contributed by atoms with Crippen LogP contribution in [0.15, 0.2) is 48.5 Å². The van der Waals surface area contributed by atoms with Crippen molar-refractivity contribution >= 4 is 39.6 Å². The molecular formula is C24H26N2O2S2. The smallest absolute Gasteiger partial charge is 0.341 e. The van der Waals surface area contributed by atoms with Crippen molar-refractivity contribution in [3.05, 3.63) is 75.7 Å². The summed E-state index contributed by atoms with van der Waals surface area (Å²) in [4.78, 5) is 13.7. The molecule has 0 aliphatic rings. The second kappa shape index (κ2) is 9.41. The Labute approximate surface area is 187 Å². The van der Waals surface area contributed by atoms with Gasteiger partial charge in [0.1, 0.15) is 10.6 Å². The number of anilines is 1. The first-order valence-corrected chi connectivity index (χ1v) is 11.0. The summed E-state index contributed by atoms with van der Waals surface area (Å²) < 4.78 is 5.08. The highest BCUT2D eigenvalue weighted by Gasteiger charge is 2.24. The van der Waals surface area contributed by atoms with Crippen LogP contribution >= 0.6 is 23.6 Å². The van der Waals surface area contributed by atoms with Crippen LogP contribution in [-0.4, -0.2) is 18.2 Å². The van der Waals surface area contributed by atoms with Gasteiger partial charge in [0.15, 0.2) is 5.11 Å². The molecule has 2 N–H and O–H groups in total. The van der Waals surface area contributed by atoms with E-state index in [1.54, 1.807) is 0 Å². The van der Waals surface area contributed by atoms with Gasteiger partial charge >= 0.3 is 5.97 Å². The zero-order chi connectivity index (χ0) is 21.8. The van der Waals surface area contributed by atoms with Crippen molar-refractivity contribution in [1.82, 2.24) is 5.32 Å². The molecule has 1 aromatic heterocycles. The summed E-state index contributed by atoms with van der Waals surface area (Å²) in [6.45, 7) is 8.24. The summed E-state index contributed by atoms with van der Waals surface area (Å²) in [7, 11) is 1.40. The van der Waals surface area contributed by atoms with Gasteiger partial charge in [-0.2, -0.15) is 0 Å². The van der Waals surface area contributed by atoms with Gasteiger partial charge in [0.2, 0.25) is 0 Å². The number of esters is 1. The Bertz CT molecular complexity index is 1070. The van der Waals surface area contributed by atoms with Crippen LogP contribution in [0.1, 0.15) is 44.9 Å². The number of carbonyl (C=O) groups is 1. The average Bonchev–Trinajstić information content (AvgIpc) is 3.05. The standard InChI is InChI=1S/C24H26N2O2S2/c1-14-11-12-15(2)19(13-14)16(3)25-24(29)26-22-21(23(27)28-5)20(17(4)30-22)18-9-7-6-8-10-18/h6-13,16H,1-5H3,(H2,25,26,29). The summed E-state index contributed by atoms with van der Waals surface area (Å²) in [6, 6.07) is 16.3. The number of rotatable bonds is 5. The van der Waals surface area contributed by atoms with E-state index < -0.39 is 0 Å². The Morgan fingerprint density at radius 3 is 2.47 bits per heavy atom. The molecule has 0 bridgehead atoms. The van der Waals surface area contributed by atoms with E-state index in [0.717, 1.165) is 16.0 Å². The normalized spacial score (nSPS) is 11.6. The molecule has 0 aliphatic carbocycles. The molecule has 30 heavy (non-hydrogen) atoms. The number of carbonyl (C=O) groups excluding carboxylic acids is 1. The lowest BCUT2D eigenvalue weighted by atomic mass is 10.0. The fraction of sp³-hybridized carbons (Fsp3) is 0.250. The molecule has 0 saturated heterocycles. The van der Waals surface area contributed by atoms with Crippen LogP contribution in [-0.2, 0) is 4.74 Å². The van der Waals surface area contributed by atoms with E-state index in [1.165, 1.54) is 35.1 Å². The highest BCUT2D eigenvalue weighted by atomic mass is 32.1. The Kier molecular flexibility index (Phi) is 6.90. The molecular weight excluding hydrogens is 412 g/mol. The minimum absolute atomic E-state index is 0.0288. The molecule has 0 amide bonds. The second-order valence-corrected chi connectivity index (χ2v) is 8.91. The maximum absolute atomic E-state index is 12.6. The minimum atomic E-state index is -0.383. The van der Waals surface area contributed by atoms with Gasteiger partial charge in [-0.1, -0.05) is 54.1 Å². The highest BCUT2D eigenvalue weighted by Crippen LogP contribution is 2.40. The fourth-order valence-electron chi connectivity index (χ4n) is 3.52. The molecule has 0 aliphatic heterocycles. The third-order valence-electron chi connectivity index (χ3n) is 5.01. The maximum Gasteiger partial charge on any atom is 0.341 e. The van der Waals surface area contributed by atoms with Crippen LogP contribution in [0.3, 0.4) is 0 Å². The van der Waals surface area contributed by atoms with Crippen molar-refractivity contribution < 1.29 is 9.53 Å². The summed E-state index contributed by atoms with van der Waals surface area (Å²) >= 11 is 7.07. The van der Waals surface area contributed by atoms with Crippen molar-refractivity contribution in [3.8, 4) is 11.1 Å². The summed E-state index contributed by atoms with van der Waals surface area (Å²) in [5.41, 5.74) is 5.96. The number of hydrogen-bond donors (Lipinski definition) is 2. The minimum Gasteiger partial charge on any atom is -0.465 e. The van der Waals surface area contributed by atoms with Gasteiger partial charge in [0.05, 0.1) is 13.2 Å². The molecule has 4 nitrogen and oxygen atoms in total.